The minimum atomic E-state index is -1.92. The molecule has 1 aromatic rings. The molecule has 2 aliphatic carbocycles. The van der Waals surface area contributed by atoms with Gasteiger partial charge < -0.3 is 18.7 Å². The SMILES string of the molecule is CCC(O)(CC)CCCO[C@H](C)[C@H]1CC[C@H]2C(c3ccc(CO[Si](C)(C)C(C)(C)C)c(CO[Si](C)(C)C(C)(C)C)c3)=CCC[C@]12C. The van der Waals surface area contributed by atoms with Crippen molar-refractivity contribution in [2.75, 3.05) is 6.61 Å². The molecule has 0 bridgehead atoms. The van der Waals surface area contributed by atoms with E-state index in [-0.39, 0.29) is 21.6 Å². The maximum atomic E-state index is 10.7. The Morgan fingerprint density at radius 3 is 2.00 bits per heavy atom. The lowest BCUT2D eigenvalue weighted by molar-refractivity contribution is -0.0329. The Labute approximate surface area is 286 Å². The van der Waals surface area contributed by atoms with Crippen LogP contribution in [0.4, 0.5) is 0 Å². The van der Waals surface area contributed by atoms with Crippen LogP contribution in [0.5, 0.6) is 0 Å². The van der Waals surface area contributed by atoms with Crippen molar-refractivity contribution in [3.8, 4) is 0 Å². The second-order valence-corrected chi connectivity index (χ2v) is 27.8. The molecular weight excluding hydrogens is 601 g/mol. The zero-order chi connectivity index (χ0) is 34.8. The molecule has 4 atom stereocenters. The number of allylic oxidation sites excluding steroid dienone is 2. The molecule has 1 fully saturated rings. The Morgan fingerprint density at radius 2 is 1.46 bits per heavy atom. The molecule has 4 nitrogen and oxygen atoms in total. The summed E-state index contributed by atoms with van der Waals surface area (Å²) in [5, 5.41) is 11.1. The molecule has 264 valence electrons. The molecule has 0 amide bonds. The largest absolute Gasteiger partial charge is 0.413 e. The molecular formula is C40H72O4Si2. The van der Waals surface area contributed by atoms with Crippen LogP contribution in [0.3, 0.4) is 0 Å². The molecule has 0 spiro atoms. The van der Waals surface area contributed by atoms with Crippen molar-refractivity contribution < 1.29 is 18.7 Å². The van der Waals surface area contributed by atoms with Gasteiger partial charge in [0.05, 0.1) is 24.9 Å². The fraction of sp³-hybridized carbons (Fsp3) is 0.800. The number of hydrogen-bond acceptors (Lipinski definition) is 4. The predicted octanol–water partition coefficient (Wildman–Crippen LogP) is 11.7. The monoisotopic (exact) mass is 672 g/mol. The highest BCUT2D eigenvalue weighted by atomic mass is 28.4. The lowest BCUT2D eigenvalue weighted by Crippen LogP contribution is -2.41. The third-order valence-electron chi connectivity index (χ3n) is 13.2. The van der Waals surface area contributed by atoms with Crippen LogP contribution in [0.25, 0.3) is 5.57 Å². The first-order valence-electron chi connectivity index (χ1n) is 18.5. The summed E-state index contributed by atoms with van der Waals surface area (Å²) in [6.07, 6.45) is 10.9. The van der Waals surface area contributed by atoms with Crippen LogP contribution in [-0.2, 0) is 26.8 Å². The topological polar surface area (TPSA) is 47.9 Å². The second-order valence-electron chi connectivity index (χ2n) is 18.1. The summed E-state index contributed by atoms with van der Waals surface area (Å²) in [5.74, 6) is 1.10. The zero-order valence-corrected chi connectivity index (χ0v) is 34.5. The highest BCUT2D eigenvalue weighted by Crippen LogP contribution is 2.59. The standard InChI is InChI=1S/C40H72O4Si2/c1-15-40(41,16-2)25-18-26-42-30(3)35-22-23-36-34(19-17-24-39(35,36)10)31-20-21-32(28-43-45(11,12)37(4,5)6)33(27-31)29-44-46(13,14)38(7,8)9/h19-21,27,30,35-36,41H,15-18,22-26,28-29H2,1-14H3/t30-,35-,36+,39-/m1/s1. The Bertz CT molecular complexity index is 1170. The Morgan fingerprint density at radius 1 is 0.891 bits per heavy atom. The molecule has 1 saturated carbocycles. The summed E-state index contributed by atoms with van der Waals surface area (Å²) in [6, 6.07) is 7.16. The van der Waals surface area contributed by atoms with E-state index >= 15 is 0 Å². The van der Waals surface area contributed by atoms with Crippen LogP contribution >= 0.6 is 0 Å². The summed E-state index contributed by atoms with van der Waals surface area (Å²) in [6.45, 7) is 34.4. The number of hydrogen-bond donors (Lipinski definition) is 1. The van der Waals surface area contributed by atoms with Crippen molar-refractivity contribution in [1.82, 2.24) is 0 Å². The quantitative estimate of drug-likeness (QED) is 0.149. The van der Waals surface area contributed by atoms with Gasteiger partial charge >= 0.3 is 0 Å². The van der Waals surface area contributed by atoms with Gasteiger partial charge in [-0.1, -0.05) is 80.5 Å². The van der Waals surface area contributed by atoms with Gasteiger partial charge in [-0.05, 0) is 140 Å². The van der Waals surface area contributed by atoms with Gasteiger partial charge in [-0.25, -0.2) is 0 Å². The van der Waals surface area contributed by atoms with E-state index in [1.165, 1.54) is 41.5 Å². The third kappa shape index (κ3) is 9.06. The van der Waals surface area contributed by atoms with E-state index in [4.69, 9.17) is 13.6 Å². The molecule has 0 unspecified atom stereocenters. The molecule has 1 aromatic carbocycles. The molecule has 0 saturated heterocycles. The molecule has 0 aromatic heterocycles. The first-order chi connectivity index (χ1) is 21.1. The number of rotatable bonds is 15. The van der Waals surface area contributed by atoms with E-state index in [0.717, 1.165) is 38.7 Å². The maximum Gasteiger partial charge on any atom is 0.192 e. The van der Waals surface area contributed by atoms with Crippen molar-refractivity contribution in [3.63, 3.8) is 0 Å². The number of ether oxygens (including phenoxy) is 1. The van der Waals surface area contributed by atoms with Gasteiger partial charge in [-0.2, -0.15) is 0 Å². The summed E-state index contributed by atoms with van der Waals surface area (Å²) < 4.78 is 20.1. The first-order valence-corrected chi connectivity index (χ1v) is 24.4. The van der Waals surface area contributed by atoms with Crippen LogP contribution in [0.15, 0.2) is 24.3 Å². The average molecular weight is 673 g/mol. The van der Waals surface area contributed by atoms with E-state index in [0.29, 0.717) is 25.0 Å². The van der Waals surface area contributed by atoms with Gasteiger partial charge in [0.25, 0.3) is 0 Å². The average Bonchev–Trinajstić information content (AvgIpc) is 3.33. The minimum Gasteiger partial charge on any atom is -0.413 e. The predicted molar refractivity (Wildman–Crippen MR) is 202 cm³/mol. The number of benzene rings is 1. The lowest BCUT2D eigenvalue weighted by atomic mass is 9.63. The van der Waals surface area contributed by atoms with Crippen molar-refractivity contribution >= 4 is 22.2 Å². The van der Waals surface area contributed by atoms with Gasteiger partial charge in [-0.15, -0.1) is 0 Å². The first kappa shape index (κ1) is 39.7. The molecule has 0 radical (unpaired) electrons. The normalized spacial score (nSPS) is 23.8. The lowest BCUT2D eigenvalue weighted by Gasteiger charge is -2.43. The van der Waals surface area contributed by atoms with Gasteiger partial charge in [0.15, 0.2) is 16.6 Å². The van der Waals surface area contributed by atoms with E-state index in [1.54, 1.807) is 0 Å². The summed E-state index contributed by atoms with van der Waals surface area (Å²) in [4.78, 5) is 0. The Hall–Kier alpha value is -0.766. The molecule has 46 heavy (non-hydrogen) atoms. The zero-order valence-electron chi connectivity index (χ0n) is 32.5. The smallest absolute Gasteiger partial charge is 0.192 e. The van der Waals surface area contributed by atoms with Crippen molar-refractivity contribution in [2.45, 2.75) is 182 Å². The Balaban J connectivity index is 1.82. The van der Waals surface area contributed by atoms with E-state index in [1.807, 2.05) is 0 Å². The minimum absolute atomic E-state index is 0.168. The van der Waals surface area contributed by atoms with E-state index in [9.17, 15) is 5.11 Å². The Kier molecular flexibility index (Phi) is 12.9. The molecule has 0 heterocycles. The molecule has 6 heteroatoms. The van der Waals surface area contributed by atoms with Gasteiger partial charge in [0, 0.05) is 6.61 Å². The molecule has 2 aliphatic rings. The highest BCUT2D eigenvalue weighted by molar-refractivity contribution is 6.74. The van der Waals surface area contributed by atoms with Gasteiger partial charge in [0.1, 0.15) is 0 Å². The van der Waals surface area contributed by atoms with Crippen molar-refractivity contribution in [1.29, 1.82) is 0 Å². The molecule has 1 N–H and O–H groups in total. The van der Waals surface area contributed by atoms with Crippen molar-refractivity contribution in [2.24, 2.45) is 17.3 Å². The highest BCUT2D eigenvalue weighted by Gasteiger charge is 2.51. The molecule has 3 rings (SSSR count). The van der Waals surface area contributed by atoms with Crippen LogP contribution in [0, 0.1) is 17.3 Å². The summed E-state index contributed by atoms with van der Waals surface area (Å²) in [5.41, 5.74) is 5.16. The number of aliphatic hydroxyl groups is 1. The van der Waals surface area contributed by atoms with Gasteiger partial charge in [0.2, 0.25) is 0 Å². The summed E-state index contributed by atoms with van der Waals surface area (Å²) >= 11 is 0. The van der Waals surface area contributed by atoms with E-state index < -0.39 is 22.2 Å². The van der Waals surface area contributed by atoms with Crippen LogP contribution in [-0.4, -0.2) is 40.1 Å². The molecule has 0 aliphatic heterocycles. The fourth-order valence-electron chi connectivity index (χ4n) is 7.33. The fourth-order valence-corrected chi connectivity index (χ4v) is 9.22. The maximum absolute atomic E-state index is 10.7. The van der Waals surface area contributed by atoms with Crippen LogP contribution < -0.4 is 0 Å². The van der Waals surface area contributed by atoms with Gasteiger partial charge in [-0.3, -0.25) is 0 Å². The van der Waals surface area contributed by atoms with Crippen LogP contribution in [0.1, 0.15) is 137 Å². The second kappa shape index (κ2) is 15.0. The van der Waals surface area contributed by atoms with Crippen molar-refractivity contribution in [3.05, 3.63) is 41.0 Å². The van der Waals surface area contributed by atoms with Crippen LogP contribution in [0.2, 0.25) is 36.3 Å². The third-order valence-corrected chi connectivity index (χ3v) is 22.2. The summed E-state index contributed by atoms with van der Waals surface area (Å²) in [7, 11) is -3.80. The number of fused-ring (bicyclic) bond motifs is 1. The van der Waals surface area contributed by atoms with E-state index in [2.05, 4.69) is 120 Å².